The van der Waals surface area contributed by atoms with Gasteiger partial charge in [-0.1, -0.05) is 0 Å². The minimum atomic E-state index is -2.28. The van der Waals surface area contributed by atoms with Crippen LogP contribution in [0.4, 0.5) is 0 Å². The first kappa shape index (κ1) is 12.3. The molecule has 1 unspecified atom stereocenters. The second-order valence-corrected chi connectivity index (χ2v) is 1.90. The molecule has 0 radical (unpaired) electrons. The average Bonchev–Trinajstić information content (AvgIpc) is 1.61. The molecule has 0 aliphatic rings. The topological polar surface area (TPSA) is 66.4 Å². The van der Waals surface area contributed by atoms with E-state index in [1.807, 2.05) is 0 Å². The first-order chi connectivity index (χ1) is 3.63. The number of hydrogen-bond donors (Lipinski definition) is 0. The molecule has 6 heteroatoms. The fourth-order valence-corrected chi connectivity index (χ4v) is 0.393. The summed E-state index contributed by atoms with van der Waals surface area (Å²) in [5, 5.41) is 0. The van der Waals surface area contributed by atoms with Gasteiger partial charge in [0.05, 0.1) is 0 Å². The molecule has 0 heterocycles. The predicted molar refractivity (Wildman–Crippen MR) is 25.6 cm³/mol. The van der Waals surface area contributed by atoms with Crippen LogP contribution in [0, 0.1) is 0 Å². The van der Waals surface area contributed by atoms with Crippen molar-refractivity contribution < 1.29 is 47.9 Å². The third-order valence-corrected chi connectivity index (χ3v) is 0.669. The molecule has 0 fully saturated rings. The zero-order valence-electron chi connectivity index (χ0n) is 5.25. The minimum absolute atomic E-state index is 0. The van der Waals surface area contributed by atoms with Crippen molar-refractivity contribution in [3.05, 3.63) is 0 Å². The van der Waals surface area contributed by atoms with Crippen molar-refractivity contribution in [2.75, 3.05) is 5.94 Å². The fraction of sp³-hybridized carbons (Fsp3) is 0.667. The number of hydrogen-bond acceptors (Lipinski definition) is 4. The molecule has 0 aromatic carbocycles. The van der Waals surface area contributed by atoms with E-state index < -0.39 is 23.0 Å². The van der Waals surface area contributed by atoms with Gasteiger partial charge >= 0.3 is 35.5 Å². The summed E-state index contributed by atoms with van der Waals surface area (Å²) < 4.78 is 23.3. The van der Waals surface area contributed by atoms with E-state index in [9.17, 15) is 13.6 Å². The van der Waals surface area contributed by atoms with Crippen molar-refractivity contribution in [2.24, 2.45) is 0 Å². The van der Waals surface area contributed by atoms with E-state index in [-0.39, 0.29) is 29.6 Å². The van der Waals surface area contributed by atoms with Crippen LogP contribution in [-0.4, -0.2) is 20.7 Å². The summed E-state index contributed by atoms with van der Waals surface area (Å²) in [6.45, 7) is 1.15. The molecule has 9 heavy (non-hydrogen) atoms. The van der Waals surface area contributed by atoms with E-state index in [1.165, 1.54) is 0 Å². The first-order valence-electron chi connectivity index (χ1n) is 1.82. The normalized spacial score (nSPS) is 11.3. The van der Waals surface area contributed by atoms with E-state index in [1.54, 1.807) is 0 Å². The van der Waals surface area contributed by atoms with Crippen LogP contribution >= 0.6 is 0 Å². The Balaban J connectivity index is 0. The smallest absolute Gasteiger partial charge is 0.770 e. The Morgan fingerprint density at radius 3 is 2.33 bits per heavy atom. The standard InChI is InChI=1S/C3H6O4S.Na/c1-3(4)7-2-8(5)6;/h2H2,1H3,(H,5,6);/q;+1/p-1. The number of carbonyl (C=O) groups is 1. The molecule has 0 aromatic rings. The number of carbonyl (C=O) groups excluding carboxylic acids is 1. The molecule has 0 aromatic heterocycles. The van der Waals surface area contributed by atoms with Crippen LogP contribution < -0.4 is 29.6 Å². The molecule has 0 bridgehead atoms. The Hall–Kier alpha value is 0.580. The zero-order chi connectivity index (χ0) is 6.57. The average molecular weight is 160 g/mol. The van der Waals surface area contributed by atoms with Gasteiger partial charge in [0.15, 0.2) is 5.94 Å². The Labute approximate surface area is 77.5 Å². The Morgan fingerprint density at radius 2 is 2.22 bits per heavy atom. The second-order valence-electron chi connectivity index (χ2n) is 1.06. The van der Waals surface area contributed by atoms with E-state index in [4.69, 9.17) is 0 Å². The molecule has 0 spiro atoms. The molecule has 4 nitrogen and oxygen atoms in total. The van der Waals surface area contributed by atoms with Gasteiger partial charge in [0, 0.05) is 6.92 Å². The summed E-state index contributed by atoms with van der Waals surface area (Å²) in [5.74, 6) is -1.14. The van der Waals surface area contributed by atoms with Gasteiger partial charge in [-0.3, -0.25) is 9.00 Å². The molecular formula is C3H5NaO4S. The first-order valence-corrected chi connectivity index (χ1v) is 3.06. The summed E-state index contributed by atoms with van der Waals surface area (Å²) >= 11 is -2.28. The Morgan fingerprint density at radius 1 is 1.78 bits per heavy atom. The molecule has 0 amide bonds. The molecular weight excluding hydrogens is 155 g/mol. The van der Waals surface area contributed by atoms with Crippen molar-refractivity contribution in [1.29, 1.82) is 0 Å². The molecule has 0 rings (SSSR count). The number of rotatable bonds is 2. The maximum Gasteiger partial charge on any atom is 1.00 e. The summed E-state index contributed by atoms with van der Waals surface area (Å²) in [6.07, 6.45) is 0. The predicted octanol–water partition coefficient (Wildman–Crippen LogP) is -3.61. The summed E-state index contributed by atoms with van der Waals surface area (Å²) in [6, 6.07) is 0. The van der Waals surface area contributed by atoms with Crippen molar-refractivity contribution >= 4 is 17.0 Å². The van der Waals surface area contributed by atoms with Crippen LogP contribution in [0.3, 0.4) is 0 Å². The summed E-state index contributed by atoms with van der Waals surface area (Å²) in [4.78, 5) is 9.85. The Kier molecular flexibility index (Phi) is 9.13. The Bertz CT molecular complexity index is 100. The molecule has 1 atom stereocenters. The van der Waals surface area contributed by atoms with Crippen LogP contribution in [0.25, 0.3) is 0 Å². The summed E-state index contributed by atoms with van der Waals surface area (Å²) in [7, 11) is 0. The van der Waals surface area contributed by atoms with E-state index in [2.05, 4.69) is 4.74 Å². The van der Waals surface area contributed by atoms with Gasteiger partial charge in [-0.25, -0.2) is 0 Å². The van der Waals surface area contributed by atoms with Crippen LogP contribution in [0.15, 0.2) is 0 Å². The van der Waals surface area contributed by atoms with E-state index in [0.717, 1.165) is 6.92 Å². The molecule has 0 N–H and O–H groups in total. The van der Waals surface area contributed by atoms with Crippen LogP contribution in [-0.2, 0) is 20.6 Å². The van der Waals surface area contributed by atoms with Gasteiger partial charge in [0.2, 0.25) is 0 Å². The van der Waals surface area contributed by atoms with Crippen molar-refractivity contribution in [1.82, 2.24) is 0 Å². The van der Waals surface area contributed by atoms with Gasteiger partial charge in [-0.05, 0) is 11.1 Å². The quantitative estimate of drug-likeness (QED) is 0.238. The zero-order valence-corrected chi connectivity index (χ0v) is 8.06. The molecule has 48 valence electrons. The molecule has 0 aliphatic heterocycles. The van der Waals surface area contributed by atoms with Crippen molar-refractivity contribution in [2.45, 2.75) is 6.92 Å². The van der Waals surface area contributed by atoms with Crippen LogP contribution in [0.2, 0.25) is 0 Å². The van der Waals surface area contributed by atoms with Crippen molar-refractivity contribution in [3.8, 4) is 0 Å². The van der Waals surface area contributed by atoms with Gasteiger partial charge in [-0.2, -0.15) is 0 Å². The SMILES string of the molecule is CC(=O)OCS(=O)[O-].[Na+]. The molecule has 0 aliphatic carbocycles. The number of esters is 1. The molecule has 0 saturated carbocycles. The maximum absolute atomic E-state index is 9.85. The largest absolute Gasteiger partial charge is 1.00 e. The monoisotopic (exact) mass is 160 g/mol. The summed E-state index contributed by atoms with van der Waals surface area (Å²) in [5.41, 5.74) is 0. The van der Waals surface area contributed by atoms with Gasteiger partial charge in [-0.15, -0.1) is 0 Å². The minimum Gasteiger partial charge on any atom is -0.770 e. The van der Waals surface area contributed by atoms with Gasteiger partial charge in [0.25, 0.3) is 0 Å². The van der Waals surface area contributed by atoms with E-state index >= 15 is 0 Å². The maximum atomic E-state index is 9.85. The molecule has 0 saturated heterocycles. The second kappa shape index (κ2) is 6.70. The van der Waals surface area contributed by atoms with Gasteiger partial charge < -0.3 is 9.29 Å². The van der Waals surface area contributed by atoms with Crippen molar-refractivity contribution in [3.63, 3.8) is 0 Å². The third-order valence-electron chi connectivity index (χ3n) is 0.358. The van der Waals surface area contributed by atoms with Gasteiger partial charge in [0.1, 0.15) is 0 Å². The van der Waals surface area contributed by atoms with E-state index in [0.29, 0.717) is 0 Å². The number of ether oxygens (including phenoxy) is 1. The van der Waals surface area contributed by atoms with Crippen LogP contribution in [0.5, 0.6) is 0 Å². The third kappa shape index (κ3) is 11.9. The van der Waals surface area contributed by atoms with Crippen LogP contribution in [0.1, 0.15) is 6.92 Å². The fourth-order valence-electron chi connectivity index (χ4n) is 0.131.